The van der Waals surface area contributed by atoms with Gasteiger partial charge in [0.25, 0.3) is 22.6 Å². The highest BCUT2D eigenvalue weighted by Gasteiger charge is 2.31. The van der Waals surface area contributed by atoms with Gasteiger partial charge in [-0.05, 0) is 242 Å². The van der Waals surface area contributed by atoms with Crippen LogP contribution in [0, 0.1) is 50.4 Å². The van der Waals surface area contributed by atoms with Crippen molar-refractivity contribution in [2.75, 3.05) is 0 Å². The Hall–Kier alpha value is -11.8. The Morgan fingerprint density at radius 2 is 0.673 bits per heavy atom. The maximum absolute atomic E-state index is 4.84. The van der Waals surface area contributed by atoms with Crippen molar-refractivity contribution in [3.8, 4) is 0 Å². The average Bonchev–Trinajstić information content (AvgIpc) is 1.55. The number of fused-ring (bicyclic) bond motifs is 32. The van der Waals surface area contributed by atoms with Crippen molar-refractivity contribution in [2.24, 2.45) is 50.9 Å². The van der Waals surface area contributed by atoms with Crippen LogP contribution in [-0.4, -0.2) is 37.7 Å². The molecule has 548 valence electrons. The van der Waals surface area contributed by atoms with Gasteiger partial charge in [-0.15, -0.1) is 0 Å². The van der Waals surface area contributed by atoms with Crippen molar-refractivity contribution in [3.05, 3.63) is 263 Å². The molecule has 12 heterocycles. The SMILES string of the molecule is Cc1ccnc2c3cc(CC(C)(C)C)ccc3n3c4ccccc4[n+](C)c3c12.Cc1ccnc2c3ccc(CC(C)(C)C)cc3n3c4ccccc4[n+](C)c3c12.Cc1ccnc2c3ccccc3[n+]3c4ccc(CC(C)C)cc4n(C)c3c12.Cc1ccnc2c3ccccc3n3c4cc(CC(C)C)ccc4[n+](C)c3c12. The van der Waals surface area contributed by atoms with Gasteiger partial charge >= 0.3 is 0 Å². The first kappa shape index (κ1) is 71.2. The predicted molar refractivity (Wildman–Crippen MR) is 458 cm³/mol. The fourth-order valence-electron chi connectivity index (χ4n) is 18.0. The molecule has 110 heavy (non-hydrogen) atoms. The standard InChI is InChI=1S/2C25H26N3.2C24H24N3/c1-16-12-13-26-23-18-14-17(15-25(2,3)4)10-11-19(18)28-21-9-7-6-8-20(21)27(5)24(28)22(16)23;1-16-12-13-26-23-18-11-10-17(15-25(2,3)4)14-21(18)28-20-9-7-6-8-19(20)27(5)24(28)22(16)23;1-15(2)13-17-9-10-20-21(14-17)26(4)24-22-16(3)11-12-25-23(22)18-7-5-6-8-19(18)27(20)24;1-15(2)13-17-9-10-20-21(14-17)27-19-8-6-5-7-18(19)23-22(24(27)26(20)4)16(3)11-12-25-23/h2*6-14H,15H2,1-5H3;2*5-12,14-15H,13H2,1-4H3/q4*+1. The highest BCUT2D eigenvalue weighted by Crippen LogP contribution is 2.39. The lowest BCUT2D eigenvalue weighted by Crippen LogP contribution is -2.27. The third-order valence-electron chi connectivity index (χ3n) is 22.6. The van der Waals surface area contributed by atoms with Crippen LogP contribution in [0.5, 0.6) is 0 Å². The van der Waals surface area contributed by atoms with Crippen molar-refractivity contribution < 1.29 is 18.1 Å². The molecule has 0 aliphatic carbocycles. The first-order valence-corrected chi connectivity index (χ1v) is 39.2. The van der Waals surface area contributed by atoms with Crippen LogP contribution < -0.4 is 18.1 Å². The van der Waals surface area contributed by atoms with E-state index in [0.29, 0.717) is 11.8 Å². The van der Waals surface area contributed by atoms with Gasteiger partial charge < -0.3 is 0 Å². The second-order valence-corrected chi connectivity index (χ2v) is 34.3. The fraction of sp³-hybridized carbons (Fsp3) is 0.265. The molecule has 0 aliphatic heterocycles. The lowest BCUT2D eigenvalue weighted by Gasteiger charge is -2.18. The molecule has 12 heteroatoms. The van der Waals surface area contributed by atoms with Gasteiger partial charge in [-0.2, -0.15) is 17.6 Å². The molecule has 0 N–H and O–H groups in total. The third-order valence-corrected chi connectivity index (χ3v) is 22.6. The lowest BCUT2D eigenvalue weighted by molar-refractivity contribution is -0.617. The minimum atomic E-state index is 0.252. The zero-order valence-corrected chi connectivity index (χ0v) is 67.1. The fourth-order valence-corrected chi connectivity index (χ4v) is 18.0. The number of rotatable bonds is 6. The Morgan fingerprint density at radius 1 is 0.318 bits per heavy atom. The third kappa shape index (κ3) is 12.0. The summed E-state index contributed by atoms with van der Waals surface area (Å²) in [4.78, 5) is 19.2. The zero-order chi connectivity index (χ0) is 76.7. The molecule has 12 aromatic heterocycles. The summed E-state index contributed by atoms with van der Waals surface area (Å²) >= 11 is 0. The maximum Gasteiger partial charge on any atom is 0.297 e. The number of hydrogen-bond acceptors (Lipinski definition) is 4. The first-order chi connectivity index (χ1) is 52.8. The quantitative estimate of drug-likeness (QED) is 0.123. The molecule has 8 aromatic carbocycles. The van der Waals surface area contributed by atoms with E-state index in [1.165, 1.54) is 176 Å². The molecule has 20 aromatic rings. The van der Waals surface area contributed by atoms with E-state index >= 15 is 0 Å². The molecule has 0 bridgehead atoms. The van der Waals surface area contributed by atoms with E-state index < -0.39 is 0 Å². The lowest BCUT2D eigenvalue weighted by atomic mass is 9.87. The maximum atomic E-state index is 4.84. The Kier molecular flexibility index (Phi) is 17.5. The number of imidazole rings is 4. The van der Waals surface area contributed by atoms with Crippen LogP contribution in [0.25, 0.3) is 154 Å². The summed E-state index contributed by atoms with van der Waals surface area (Å²) in [6.45, 7) is 31.6. The van der Waals surface area contributed by atoms with Crippen molar-refractivity contribution in [1.29, 1.82) is 0 Å². The Balaban J connectivity index is 0.000000107. The van der Waals surface area contributed by atoms with Crippen molar-refractivity contribution >= 4 is 154 Å². The topological polar surface area (TPSA) is 85.5 Å². The molecule has 0 spiro atoms. The van der Waals surface area contributed by atoms with Gasteiger partial charge in [0.05, 0.1) is 71.8 Å². The number of pyridine rings is 8. The van der Waals surface area contributed by atoms with E-state index in [-0.39, 0.29) is 10.8 Å². The molecule has 0 aliphatic rings. The summed E-state index contributed by atoms with van der Waals surface area (Å²) in [5, 5.41) is 9.79. The van der Waals surface area contributed by atoms with Crippen molar-refractivity contribution in [1.82, 2.24) is 37.7 Å². The predicted octanol–water partition coefficient (Wildman–Crippen LogP) is 21.3. The van der Waals surface area contributed by atoms with Gasteiger partial charge in [-0.25, -0.2) is 18.3 Å². The van der Waals surface area contributed by atoms with Crippen molar-refractivity contribution in [3.63, 3.8) is 0 Å². The second kappa shape index (κ2) is 27.1. The van der Waals surface area contributed by atoms with Crippen LogP contribution in [0.3, 0.4) is 0 Å². The summed E-state index contributed by atoms with van der Waals surface area (Å²) in [5.74, 6) is 1.30. The minimum absolute atomic E-state index is 0.252. The largest absolute Gasteiger partial charge is 0.297 e. The van der Waals surface area contributed by atoms with E-state index in [1.807, 2.05) is 24.8 Å². The average molecular weight is 1450 g/mol. The number of benzene rings is 8. The summed E-state index contributed by atoms with van der Waals surface area (Å²) in [7, 11) is 8.66. The summed E-state index contributed by atoms with van der Waals surface area (Å²) in [5.41, 5.74) is 35.1. The molecule has 0 amide bonds. The molecular weight excluding hydrogens is 1350 g/mol. The molecule has 0 radical (unpaired) electrons. The van der Waals surface area contributed by atoms with Crippen LogP contribution in [0.4, 0.5) is 0 Å². The molecular formula is C98H100N12+4. The van der Waals surface area contributed by atoms with Gasteiger partial charge in [-0.1, -0.05) is 142 Å². The monoisotopic (exact) mass is 1440 g/mol. The van der Waals surface area contributed by atoms with E-state index in [2.05, 4.69) is 355 Å². The second-order valence-electron chi connectivity index (χ2n) is 34.3. The summed E-state index contributed by atoms with van der Waals surface area (Å²) in [6.07, 6.45) is 12.0. The molecule has 0 saturated heterocycles. The van der Waals surface area contributed by atoms with Gasteiger partial charge in [0.2, 0.25) is 0 Å². The number of hydrogen-bond donors (Lipinski definition) is 0. The van der Waals surface area contributed by atoms with E-state index in [0.717, 1.165) is 47.8 Å². The molecule has 0 atom stereocenters. The first-order valence-electron chi connectivity index (χ1n) is 39.2. The van der Waals surface area contributed by atoms with Crippen molar-refractivity contribution in [2.45, 2.75) is 123 Å². The van der Waals surface area contributed by atoms with Gasteiger partial charge in [0.1, 0.15) is 22.1 Å². The van der Waals surface area contributed by atoms with Gasteiger partial charge in [0, 0.05) is 46.3 Å². The zero-order valence-electron chi connectivity index (χ0n) is 67.1. The number of para-hydroxylation sites is 6. The normalized spacial score (nSPS) is 12.4. The molecule has 0 unspecified atom stereocenters. The van der Waals surface area contributed by atoms with Gasteiger partial charge in [-0.3, -0.25) is 19.9 Å². The molecule has 0 saturated carbocycles. The van der Waals surface area contributed by atoms with Crippen LogP contribution in [0.15, 0.2) is 219 Å². The molecule has 20 rings (SSSR count). The minimum Gasteiger partial charge on any atom is -0.255 e. The number of aromatic nitrogens is 12. The molecule has 0 fully saturated rings. The Bertz CT molecular complexity index is 7120. The summed E-state index contributed by atoms with van der Waals surface area (Å²) < 4.78 is 18.9. The number of nitrogens with zero attached hydrogens (tertiary/aromatic N) is 12. The van der Waals surface area contributed by atoms with Gasteiger partial charge in [0.15, 0.2) is 44.1 Å². The number of aryl methyl sites for hydroxylation is 8. The Morgan fingerprint density at radius 3 is 1.18 bits per heavy atom. The highest BCUT2D eigenvalue weighted by molar-refractivity contribution is 6.15. The smallest absolute Gasteiger partial charge is 0.255 e. The molecule has 12 nitrogen and oxygen atoms in total. The van der Waals surface area contributed by atoms with Crippen LogP contribution in [0.2, 0.25) is 0 Å². The van der Waals surface area contributed by atoms with Crippen LogP contribution in [0.1, 0.15) is 114 Å². The van der Waals surface area contributed by atoms with E-state index in [1.54, 1.807) is 0 Å². The highest BCUT2D eigenvalue weighted by atomic mass is 15.1. The van der Waals surface area contributed by atoms with Crippen LogP contribution >= 0.6 is 0 Å². The van der Waals surface area contributed by atoms with E-state index in [9.17, 15) is 0 Å². The van der Waals surface area contributed by atoms with E-state index in [4.69, 9.17) is 19.9 Å². The Labute approximate surface area is 642 Å². The summed E-state index contributed by atoms with van der Waals surface area (Å²) in [6, 6.07) is 70.6. The van der Waals surface area contributed by atoms with Crippen LogP contribution in [-0.2, 0) is 53.9 Å².